The number of nitrogens with zero attached hydrogens (tertiary/aromatic N) is 2. The summed E-state index contributed by atoms with van der Waals surface area (Å²) in [6, 6.07) is -2.33. The Hall–Kier alpha value is -3.10. The largest absolute Gasteiger partial charge is 0.422 e. The van der Waals surface area contributed by atoms with Crippen LogP contribution in [0.3, 0.4) is 0 Å². The Morgan fingerprint density at radius 1 is 1.47 bits per heavy atom. The van der Waals surface area contributed by atoms with Crippen molar-refractivity contribution in [1.29, 1.82) is 5.41 Å². The molecule has 0 unspecified atom stereocenters. The lowest BCUT2D eigenvalue weighted by molar-refractivity contribution is -0.135. The maximum atomic E-state index is 12.4. The molecule has 13 nitrogen and oxygen atoms in total. The van der Waals surface area contributed by atoms with E-state index in [1.54, 1.807) is 19.3 Å². The second-order valence-electron chi connectivity index (χ2n) is 7.20. The van der Waals surface area contributed by atoms with Crippen LogP contribution in [0.25, 0.3) is 0 Å². The number of aromatic nitrogens is 1. The highest BCUT2D eigenvalue weighted by Crippen LogP contribution is 2.36. The van der Waals surface area contributed by atoms with Gasteiger partial charge in [0.2, 0.25) is 11.8 Å². The molecular formula is C16H21N7O6S. The van der Waals surface area contributed by atoms with E-state index in [0.717, 1.165) is 11.3 Å². The number of β-lactam (4-membered cyclic amide) rings is 1. The standard InChI is InChI=1S/C16H21N7O6S/c1-6(22-28)11(24)18-4-7-10(13(26)19-7)21-12(25)9(17)8-5-30-14(20-8)23-15(27)29-16(23,2)3/h5-7,10,17,22,28H,4H2,1-3H3,(H,18,24)(H,19,26)(H,21,25)/t6-,7-,10+/m1/s1. The number of rotatable bonds is 8. The minimum Gasteiger partial charge on any atom is -0.422 e. The topological polar surface area (TPSA) is 186 Å². The number of hydrogen-bond acceptors (Lipinski definition) is 10. The smallest absolute Gasteiger partial charge is 0.421 e. The molecule has 2 aliphatic heterocycles. The minimum absolute atomic E-state index is 0.0296. The van der Waals surface area contributed by atoms with Crippen LogP contribution >= 0.6 is 11.3 Å². The van der Waals surface area contributed by atoms with E-state index >= 15 is 0 Å². The number of hydroxylamine groups is 1. The maximum Gasteiger partial charge on any atom is 0.421 e. The number of amides is 4. The van der Waals surface area contributed by atoms with Gasteiger partial charge in [-0.2, -0.15) is 5.48 Å². The van der Waals surface area contributed by atoms with E-state index < -0.39 is 53.4 Å². The van der Waals surface area contributed by atoms with Crippen LogP contribution in [0.2, 0.25) is 0 Å². The van der Waals surface area contributed by atoms with Gasteiger partial charge in [0.25, 0.3) is 5.91 Å². The quantitative estimate of drug-likeness (QED) is 0.163. The van der Waals surface area contributed by atoms with Crippen LogP contribution in [0, 0.1) is 5.41 Å². The number of cyclic esters (lactones) is 1. The molecule has 0 spiro atoms. The van der Waals surface area contributed by atoms with Crippen LogP contribution in [-0.4, -0.2) is 70.1 Å². The number of carbonyl (C=O) groups is 4. The third kappa shape index (κ3) is 3.96. The first-order valence-corrected chi connectivity index (χ1v) is 9.79. The van der Waals surface area contributed by atoms with E-state index in [9.17, 15) is 19.2 Å². The predicted molar refractivity (Wildman–Crippen MR) is 103 cm³/mol. The lowest BCUT2D eigenvalue weighted by atomic mass is 9.98. The van der Waals surface area contributed by atoms with Crippen LogP contribution in [0.1, 0.15) is 26.5 Å². The summed E-state index contributed by atoms with van der Waals surface area (Å²) in [5, 5.41) is 26.0. The van der Waals surface area contributed by atoms with Gasteiger partial charge in [0.1, 0.15) is 23.5 Å². The van der Waals surface area contributed by atoms with E-state index in [1.807, 2.05) is 0 Å². The zero-order valence-corrected chi connectivity index (χ0v) is 17.1. The zero-order valence-electron chi connectivity index (χ0n) is 16.3. The van der Waals surface area contributed by atoms with Gasteiger partial charge in [-0.1, -0.05) is 0 Å². The van der Waals surface area contributed by atoms with Crippen molar-refractivity contribution in [1.82, 2.24) is 26.4 Å². The van der Waals surface area contributed by atoms with Crippen molar-refractivity contribution >= 4 is 46.0 Å². The highest BCUT2D eigenvalue weighted by Gasteiger charge is 2.49. The van der Waals surface area contributed by atoms with E-state index in [-0.39, 0.29) is 17.4 Å². The first-order valence-electron chi connectivity index (χ1n) is 8.91. The molecule has 2 fully saturated rings. The van der Waals surface area contributed by atoms with Crippen LogP contribution < -0.4 is 26.3 Å². The van der Waals surface area contributed by atoms with Gasteiger partial charge in [0.05, 0.1) is 6.04 Å². The molecule has 0 aromatic carbocycles. The number of nitrogens with one attached hydrogen (secondary N) is 5. The summed E-state index contributed by atoms with van der Waals surface area (Å²) in [5.74, 6) is -1.76. The van der Waals surface area contributed by atoms with E-state index in [4.69, 9.17) is 15.4 Å². The Labute approximate surface area is 174 Å². The molecule has 6 N–H and O–H groups in total. The van der Waals surface area contributed by atoms with Crippen molar-refractivity contribution in [2.45, 2.75) is 44.6 Å². The number of thiazole rings is 1. The number of anilines is 1. The monoisotopic (exact) mass is 439 g/mol. The Kier molecular flexibility index (Phi) is 5.74. The normalized spacial score (nSPS) is 22.7. The second-order valence-corrected chi connectivity index (χ2v) is 8.04. The van der Waals surface area contributed by atoms with Gasteiger partial charge >= 0.3 is 6.09 Å². The molecule has 162 valence electrons. The molecule has 0 saturated carbocycles. The lowest BCUT2D eigenvalue weighted by Crippen LogP contribution is -2.72. The summed E-state index contributed by atoms with van der Waals surface area (Å²) in [7, 11) is 0. The fourth-order valence-corrected chi connectivity index (χ4v) is 3.74. The van der Waals surface area contributed by atoms with E-state index in [1.165, 1.54) is 17.2 Å². The van der Waals surface area contributed by atoms with Crippen molar-refractivity contribution < 1.29 is 29.1 Å². The van der Waals surface area contributed by atoms with Crippen molar-refractivity contribution in [3.8, 4) is 0 Å². The molecule has 0 bridgehead atoms. The molecule has 2 aliphatic rings. The lowest BCUT2D eigenvalue weighted by Gasteiger charge is -2.44. The van der Waals surface area contributed by atoms with Gasteiger partial charge in [0.15, 0.2) is 10.9 Å². The first-order chi connectivity index (χ1) is 14.0. The van der Waals surface area contributed by atoms with Gasteiger partial charge < -0.3 is 25.9 Å². The third-order valence-electron chi connectivity index (χ3n) is 4.61. The molecule has 1 aromatic heterocycles. The first kappa shape index (κ1) is 21.6. The van der Waals surface area contributed by atoms with Crippen LogP contribution in [0.5, 0.6) is 0 Å². The Morgan fingerprint density at radius 3 is 2.73 bits per heavy atom. The summed E-state index contributed by atoms with van der Waals surface area (Å²) >= 11 is 1.08. The predicted octanol–water partition coefficient (Wildman–Crippen LogP) is -1.33. The number of carbonyl (C=O) groups excluding carboxylic acids is 4. The highest BCUT2D eigenvalue weighted by atomic mass is 32.1. The van der Waals surface area contributed by atoms with Crippen LogP contribution in [-0.2, 0) is 19.1 Å². The SMILES string of the molecule is C[C@@H](NO)C(=O)NC[C@H]1NC(=O)[C@H]1NC(=O)C(=N)c1csc(N2C(=O)OC2(C)C)n1. The van der Waals surface area contributed by atoms with Crippen LogP contribution in [0.4, 0.5) is 9.93 Å². The zero-order chi connectivity index (χ0) is 22.2. The third-order valence-corrected chi connectivity index (χ3v) is 5.43. The summed E-state index contributed by atoms with van der Waals surface area (Å²) in [6.45, 7) is 4.83. The Balaban J connectivity index is 1.58. The summed E-state index contributed by atoms with van der Waals surface area (Å²) in [6.07, 6.45) is -0.571. The van der Waals surface area contributed by atoms with E-state index in [0.29, 0.717) is 0 Å². The van der Waals surface area contributed by atoms with Gasteiger partial charge in [-0.3, -0.25) is 19.8 Å². The van der Waals surface area contributed by atoms with Gasteiger partial charge in [-0.15, -0.1) is 11.3 Å². The summed E-state index contributed by atoms with van der Waals surface area (Å²) < 4.78 is 5.00. The molecule has 0 radical (unpaired) electrons. The number of ether oxygens (including phenoxy) is 1. The van der Waals surface area contributed by atoms with Crippen LogP contribution in [0.15, 0.2) is 5.38 Å². The van der Waals surface area contributed by atoms with Crippen molar-refractivity contribution in [2.24, 2.45) is 0 Å². The van der Waals surface area contributed by atoms with Gasteiger partial charge in [-0.25, -0.2) is 14.7 Å². The average Bonchev–Trinajstić information content (AvgIpc) is 3.15. The molecule has 3 heterocycles. The van der Waals surface area contributed by atoms with E-state index in [2.05, 4.69) is 20.9 Å². The fourth-order valence-electron chi connectivity index (χ4n) is 2.81. The summed E-state index contributed by atoms with van der Waals surface area (Å²) in [4.78, 5) is 52.9. The Bertz CT molecular complexity index is 916. The van der Waals surface area contributed by atoms with Gasteiger partial charge in [-0.05, 0) is 20.8 Å². The summed E-state index contributed by atoms with van der Waals surface area (Å²) in [5.41, 5.74) is 0.524. The highest BCUT2D eigenvalue weighted by molar-refractivity contribution is 7.14. The molecule has 4 amide bonds. The average molecular weight is 439 g/mol. The van der Waals surface area contributed by atoms with Crippen molar-refractivity contribution in [3.63, 3.8) is 0 Å². The molecular weight excluding hydrogens is 418 g/mol. The Morgan fingerprint density at radius 2 is 2.17 bits per heavy atom. The fraction of sp³-hybridized carbons (Fsp3) is 0.500. The molecule has 1 aromatic rings. The van der Waals surface area contributed by atoms with Crippen molar-refractivity contribution in [2.75, 3.05) is 11.4 Å². The molecule has 30 heavy (non-hydrogen) atoms. The maximum absolute atomic E-state index is 12.4. The second kappa shape index (κ2) is 7.97. The molecule has 3 atom stereocenters. The van der Waals surface area contributed by atoms with Crippen molar-refractivity contribution in [3.05, 3.63) is 11.1 Å². The molecule has 0 aliphatic carbocycles. The van der Waals surface area contributed by atoms with Gasteiger partial charge in [0, 0.05) is 11.9 Å². The minimum atomic E-state index is -0.932. The molecule has 14 heteroatoms. The molecule has 2 saturated heterocycles. The molecule has 3 rings (SSSR count). The number of hydrogen-bond donors (Lipinski definition) is 6.